The van der Waals surface area contributed by atoms with Gasteiger partial charge in [-0.3, -0.25) is 4.79 Å². The molecule has 2 aromatic carbocycles. The van der Waals surface area contributed by atoms with E-state index in [2.05, 4.69) is 10.3 Å². The average Bonchev–Trinajstić information content (AvgIpc) is 3.30. The highest BCUT2D eigenvalue weighted by Gasteiger charge is 2.27. The first kappa shape index (κ1) is 20.8. The number of nitrogens with one attached hydrogen (secondary N) is 1. The summed E-state index contributed by atoms with van der Waals surface area (Å²) in [5.41, 5.74) is 0.769. The van der Waals surface area contributed by atoms with Crippen LogP contribution in [0.2, 0.25) is 0 Å². The third-order valence-electron chi connectivity index (χ3n) is 5.13. The molecule has 1 fully saturated rings. The number of carbonyl (C=O) groups is 1. The summed E-state index contributed by atoms with van der Waals surface area (Å²) in [4.78, 5) is 17.2. The number of hydrogen-bond acceptors (Lipinski definition) is 5. The van der Waals surface area contributed by atoms with Crippen molar-refractivity contribution in [3.05, 3.63) is 60.8 Å². The number of nitrogens with zero attached hydrogens (tertiary/aromatic N) is 2. The molecule has 1 atom stereocenters. The predicted molar refractivity (Wildman–Crippen MR) is 120 cm³/mol. The maximum atomic E-state index is 12.7. The second kappa shape index (κ2) is 8.75. The lowest BCUT2D eigenvalue weighted by molar-refractivity contribution is -0.115. The molecule has 1 unspecified atom stereocenters. The molecule has 0 aliphatic carbocycles. The fourth-order valence-electron chi connectivity index (χ4n) is 3.47. The van der Waals surface area contributed by atoms with Crippen molar-refractivity contribution in [3.8, 4) is 0 Å². The topological polar surface area (TPSA) is 79.4 Å². The number of thioether (sulfide) groups is 1. The Balaban J connectivity index is 1.43. The van der Waals surface area contributed by atoms with Crippen LogP contribution in [0.4, 0.5) is 5.69 Å². The number of aromatic nitrogens is 1. The standard InChI is InChI=1S/C22H23N3O3S2/c1-16(22(26)24-20-10-6-8-17-7-2-3-9-19(17)20)29-21-12-11-18(15-23-21)30(27,28)25-13-4-5-14-25/h2-3,6-12,15-16H,4-5,13-14H2,1H3,(H,24,26). The average molecular weight is 442 g/mol. The number of sulfonamides is 1. The first-order chi connectivity index (χ1) is 14.4. The molecular formula is C22H23N3O3S2. The predicted octanol–water partition coefficient (Wildman–Crippen LogP) is 4.14. The summed E-state index contributed by atoms with van der Waals surface area (Å²) in [7, 11) is -3.48. The molecule has 8 heteroatoms. The molecule has 1 amide bonds. The van der Waals surface area contributed by atoms with Crippen molar-refractivity contribution in [1.82, 2.24) is 9.29 Å². The summed E-state index contributed by atoms with van der Waals surface area (Å²) in [5.74, 6) is -0.132. The number of anilines is 1. The Hall–Kier alpha value is -2.42. The molecular weight excluding hydrogens is 418 g/mol. The lowest BCUT2D eigenvalue weighted by atomic mass is 10.1. The highest BCUT2D eigenvalue weighted by Crippen LogP contribution is 2.27. The molecule has 1 aromatic heterocycles. The fourth-order valence-corrected chi connectivity index (χ4v) is 5.72. The molecule has 0 radical (unpaired) electrons. The zero-order valence-electron chi connectivity index (χ0n) is 16.6. The van der Waals surface area contributed by atoms with E-state index in [1.807, 2.05) is 49.4 Å². The van der Waals surface area contributed by atoms with E-state index in [-0.39, 0.29) is 10.8 Å². The van der Waals surface area contributed by atoms with Crippen molar-refractivity contribution in [1.29, 1.82) is 0 Å². The SMILES string of the molecule is CC(Sc1ccc(S(=O)(=O)N2CCCC2)cn1)C(=O)Nc1cccc2ccccc12. The molecule has 0 bridgehead atoms. The number of pyridine rings is 1. The molecule has 1 aliphatic rings. The van der Waals surface area contributed by atoms with Crippen LogP contribution in [0.1, 0.15) is 19.8 Å². The van der Waals surface area contributed by atoms with Crippen LogP contribution >= 0.6 is 11.8 Å². The highest BCUT2D eigenvalue weighted by atomic mass is 32.2. The molecule has 1 aliphatic heterocycles. The largest absolute Gasteiger partial charge is 0.325 e. The third-order valence-corrected chi connectivity index (χ3v) is 8.06. The van der Waals surface area contributed by atoms with Gasteiger partial charge in [0, 0.05) is 30.4 Å². The van der Waals surface area contributed by atoms with E-state index in [0.29, 0.717) is 18.1 Å². The zero-order chi connectivity index (χ0) is 21.1. The van der Waals surface area contributed by atoms with Crippen molar-refractivity contribution in [2.75, 3.05) is 18.4 Å². The number of hydrogen-bond donors (Lipinski definition) is 1. The van der Waals surface area contributed by atoms with Crippen LogP contribution in [0.15, 0.2) is 70.7 Å². The Morgan fingerprint density at radius 1 is 1.07 bits per heavy atom. The van der Waals surface area contributed by atoms with Crippen molar-refractivity contribution >= 4 is 44.2 Å². The molecule has 4 rings (SSSR count). The van der Waals surface area contributed by atoms with Gasteiger partial charge < -0.3 is 5.32 Å². The van der Waals surface area contributed by atoms with E-state index in [1.165, 1.54) is 22.3 Å². The van der Waals surface area contributed by atoms with Gasteiger partial charge in [-0.25, -0.2) is 13.4 Å². The molecule has 156 valence electrons. The van der Waals surface area contributed by atoms with Gasteiger partial charge in [0.05, 0.1) is 10.3 Å². The molecule has 30 heavy (non-hydrogen) atoms. The van der Waals surface area contributed by atoms with Gasteiger partial charge >= 0.3 is 0 Å². The summed E-state index contributed by atoms with van der Waals surface area (Å²) in [6, 6.07) is 16.9. The monoisotopic (exact) mass is 441 g/mol. The highest BCUT2D eigenvalue weighted by molar-refractivity contribution is 8.00. The van der Waals surface area contributed by atoms with Crippen molar-refractivity contribution in [2.45, 2.75) is 34.9 Å². The Morgan fingerprint density at radius 2 is 1.80 bits per heavy atom. The van der Waals surface area contributed by atoms with Crippen LogP contribution < -0.4 is 5.32 Å². The first-order valence-corrected chi connectivity index (χ1v) is 12.2. The van der Waals surface area contributed by atoms with Gasteiger partial charge in [0.1, 0.15) is 4.90 Å². The van der Waals surface area contributed by atoms with Crippen molar-refractivity contribution < 1.29 is 13.2 Å². The van der Waals surface area contributed by atoms with Gasteiger partial charge in [0.25, 0.3) is 0 Å². The van der Waals surface area contributed by atoms with Gasteiger partial charge in [0.15, 0.2) is 0 Å². The van der Waals surface area contributed by atoms with Crippen LogP contribution in [0.3, 0.4) is 0 Å². The minimum Gasteiger partial charge on any atom is -0.325 e. The summed E-state index contributed by atoms with van der Waals surface area (Å²) in [6.45, 7) is 2.93. The molecule has 0 saturated carbocycles. The van der Waals surface area contributed by atoms with Crippen LogP contribution in [0.5, 0.6) is 0 Å². The molecule has 2 heterocycles. The number of benzene rings is 2. The van der Waals surface area contributed by atoms with Gasteiger partial charge in [0.2, 0.25) is 15.9 Å². The number of fused-ring (bicyclic) bond motifs is 1. The third kappa shape index (κ3) is 4.35. The number of amides is 1. The molecule has 3 aromatic rings. The Morgan fingerprint density at radius 3 is 2.53 bits per heavy atom. The molecule has 1 saturated heterocycles. The molecule has 0 spiro atoms. The Kier molecular flexibility index (Phi) is 6.08. The van der Waals surface area contributed by atoms with E-state index in [4.69, 9.17) is 0 Å². The summed E-state index contributed by atoms with van der Waals surface area (Å²) in [5, 5.41) is 5.25. The Bertz CT molecular complexity index is 1150. The van der Waals surface area contributed by atoms with Crippen LogP contribution in [0, 0.1) is 0 Å². The molecule has 6 nitrogen and oxygen atoms in total. The summed E-state index contributed by atoms with van der Waals surface area (Å²) in [6.07, 6.45) is 3.17. The van der Waals surface area contributed by atoms with Gasteiger partial charge in [-0.1, -0.05) is 48.2 Å². The van der Waals surface area contributed by atoms with Gasteiger partial charge in [-0.05, 0) is 43.4 Å². The lowest BCUT2D eigenvalue weighted by Gasteiger charge is -2.16. The van der Waals surface area contributed by atoms with Gasteiger partial charge in [-0.2, -0.15) is 4.31 Å². The fraction of sp³-hybridized carbons (Fsp3) is 0.273. The first-order valence-electron chi connectivity index (χ1n) is 9.86. The summed E-state index contributed by atoms with van der Waals surface area (Å²) < 4.78 is 26.7. The van der Waals surface area contributed by atoms with Crippen molar-refractivity contribution in [2.24, 2.45) is 0 Å². The van der Waals surface area contributed by atoms with Crippen molar-refractivity contribution in [3.63, 3.8) is 0 Å². The number of rotatable bonds is 6. The lowest BCUT2D eigenvalue weighted by Crippen LogP contribution is -2.28. The maximum Gasteiger partial charge on any atom is 0.244 e. The summed E-state index contributed by atoms with van der Waals surface area (Å²) >= 11 is 1.30. The van der Waals surface area contributed by atoms with Gasteiger partial charge in [-0.15, -0.1) is 0 Å². The minimum atomic E-state index is -3.48. The minimum absolute atomic E-state index is 0.132. The van der Waals surface area contributed by atoms with Crippen LogP contribution in [0.25, 0.3) is 10.8 Å². The quantitative estimate of drug-likeness (QED) is 0.582. The van der Waals surface area contributed by atoms with Crippen LogP contribution in [-0.4, -0.2) is 42.0 Å². The smallest absolute Gasteiger partial charge is 0.244 e. The van der Waals surface area contributed by atoms with E-state index in [9.17, 15) is 13.2 Å². The second-order valence-corrected chi connectivity index (χ2v) is 10.5. The van der Waals surface area contributed by atoms with E-state index < -0.39 is 15.3 Å². The number of carbonyl (C=O) groups excluding carboxylic acids is 1. The van der Waals surface area contributed by atoms with E-state index in [0.717, 1.165) is 29.3 Å². The Labute approximate surface area is 180 Å². The van der Waals surface area contributed by atoms with E-state index in [1.54, 1.807) is 12.1 Å². The maximum absolute atomic E-state index is 12.7. The second-order valence-electron chi connectivity index (χ2n) is 7.22. The normalized spacial score (nSPS) is 15.9. The zero-order valence-corrected chi connectivity index (χ0v) is 18.2. The van der Waals surface area contributed by atoms with Crippen LogP contribution in [-0.2, 0) is 14.8 Å². The van der Waals surface area contributed by atoms with E-state index >= 15 is 0 Å². The molecule has 1 N–H and O–H groups in total.